The van der Waals surface area contributed by atoms with Crippen LogP contribution >= 0.6 is 0 Å². The van der Waals surface area contributed by atoms with Crippen LogP contribution in [0.4, 0.5) is 4.79 Å². The van der Waals surface area contributed by atoms with Crippen molar-refractivity contribution in [1.29, 1.82) is 0 Å². The van der Waals surface area contributed by atoms with Crippen molar-refractivity contribution in [1.82, 2.24) is 20.2 Å². The molecule has 0 bridgehead atoms. The molecule has 0 radical (unpaired) electrons. The number of ether oxygens (including phenoxy) is 1. The van der Waals surface area contributed by atoms with E-state index in [1.807, 2.05) is 29.3 Å². The summed E-state index contributed by atoms with van der Waals surface area (Å²) >= 11 is 0. The molecule has 3 heterocycles. The van der Waals surface area contributed by atoms with E-state index in [2.05, 4.69) is 21.4 Å². The highest BCUT2D eigenvalue weighted by atomic mass is 16.5. The van der Waals surface area contributed by atoms with Crippen molar-refractivity contribution < 1.29 is 9.53 Å². The van der Waals surface area contributed by atoms with E-state index < -0.39 is 0 Å². The van der Waals surface area contributed by atoms with E-state index in [1.165, 1.54) is 17.7 Å². The number of fused-ring (bicyclic) bond motifs is 1. The van der Waals surface area contributed by atoms with E-state index in [0.717, 1.165) is 43.5 Å². The number of hydrogen-bond acceptors (Lipinski definition) is 4. The third-order valence-corrected chi connectivity index (χ3v) is 5.28. The first-order valence-electron chi connectivity index (χ1n) is 9.79. The zero-order valence-corrected chi connectivity index (χ0v) is 15.6. The molecule has 0 unspecified atom stereocenters. The molecule has 1 atom stereocenters. The SMILES string of the molecule is O=C(NCc1cnc2c(c1)CCC2)N1CCC[C@H](OCc2ccccn2)C1. The lowest BCUT2D eigenvalue weighted by Gasteiger charge is -2.32. The molecule has 4 rings (SSSR count). The van der Waals surface area contributed by atoms with Gasteiger partial charge in [-0.05, 0) is 55.4 Å². The largest absolute Gasteiger partial charge is 0.370 e. The van der Waals surface area contributed by atoms with Gasteiger partial charge in [0.15, 0.2) is 0 Å². The number of pyridine rings is 2. The number of urea groups is 1. The summed E-state index contributed by atoms with van der Waals surface area (Å²) in [5.74, 6) is 0. The Balaban J connectivity index is 1.25. The minimum absolute atomic E-state index is 0.0263. The standard InChI is InChI=1S/C21H26N4O2/c26-21(24-13-16-11-17-5-3-8-20(17)23-12-16)25-10-4-7-19(14-25)27-15-18-6-1-2-9-22-18/h1-2,6,9,11-12,19H,3-5,7-8,10,13-15H2,(H,24,26)/t19-/m0/s1. The zero-order valence-electron chi connectivity index (χ0n) is 15.6. The lowest BCUT2D eigenvalue weighted by atomic mass is 10.1. The number of amides is 2. The average Bonchev–Trinajstić information content (AvgIpc) is 3.19. The Bertz CT molecular complexity index is 781. The fourth-order valence-corrected chi connectivity index (χ4v) is 3.81. The molecule has 27 heavy (non-hydrogen) atoms. The van der Waals surface area contributed by atoms with Crippen molar-refractivity contribution >= 4 is 6.03 Å². The number of rotatable bonds is 5. The number of aromatic nitrogens is 2. The van der Waals surface area contributed by atoms with Crippen LogP contribution in [0.1, 0.15) is 41.8 Å². The van der Waals surface area contributed by atoms with Crippen molar-refractivity contribution in [3.8, 4) is 0 Å². The average molecular weight is 366 g/mol. The molecule has 0 saturated carbocycles. The number of piperidine rings is 1. The lowest BCUT2D eigenvalue weighted by molar-refractivity contribution is -0.00168. The number of carbonyl (C=O) groups excluding carboxylic acids is 1. The molecule has 6 heteroatoms. The molecule has 1 aliphatic heterocycles. The van der Waals surface area contributed by atoms with Crippen LogP contribution in [0.25, 0.3) is 0 Å². The van der Waals surface area contributed by atoms with Crippen LogP contribution in [-0.4, -0.2) is 40.1 Å². The van der Waals surface area contributed by atoms with Crippen LogP contribution in [0.5, 0.6) is 0 Å². The first-order valence-corrected chi connectivity index (χ1v) is 9.79. The van der Waals surface area contributed by atoms with Crippen LogP contribution in [-0.2, 0) is 30.7 Å². The maximum absolute atomic E-state index is 12.6. The fourth-order valence-electron chi connectivity index (χ4n) is 3.81. The first-order chi connectivity index (χ1) is 13.3. The van der Waals surface area contributed by atoms with Gasteiger partial charge in [0.2, 0.25) is 0 Å². The summed E-state index contributed by atoms with van der Waals surface area (Å²) in [6, 6.07) is 7.97. The van der Waals surface area contributed by atoms with E-state index in [0.29, 0.717) is 19.7 Å². The summed E-state index contributed by atoms with van der Waals surface area (Å²) in [6.45, 7) is 2.41. The van der Waals surface area contributed by atoms with Gasteiger partial charge in [-0.15, -0.1) is 0 Å². The Kier molecular flexibility index (Phi) is 5.63. The Hall–Kier alpha value is -2.47. The van der Waals surface area contributed by atoms with E-state index >= 15 is 0 Å². The molecule has 1 aliphatic carbocycles. The number of nitrogens with zero attached hydrogens (tertiary/aromatic N) is 3. The quantitative estimate of drug-likeness (QED) is 0.884. The topological polar surface area (TPSA) is 67.4 Å². The molecule has 2 aliphatic rings. The molecule has 0 aromatic carbocycles. The second-order valence-electron chi connectivity index (χ2n) is 7.30. The summed E-state index contributed by atoms with van der Waals surface area (Å²) in [6.07, 6.45) is 9.03. The van der Waals surface area contributed by atoms with Crippen LogP contribution < -0.4 is 5.32 Å². The smallest absolute Gasteiger partial charge is 0.317 e. The predicted molar refractivity (Wildman–Crippen MR) is 102 cm³/mol. The van der Waals surface area contributed by atoms with Crippen molar-refractivity contribution in [2.24, 2.45) is 0 Å². The normalized spacial score (nSPS) is 19.0. The minimum Gasteiger partial charge on any atom is -0.370 e. The summed E-state index contributed by atoms with van der Waals surface area (Å²) in [4.78, 5) is 23.2. The summed E-state index contributed by atoms with van der Waals surface area (Å²) in [5, 5.41) is 3.03. The Morgan fingerprint density at radius 3 is 3.11 bits per heavy atom. The summed E-state index contributed by atoms with van der Waals surface area (Å²) < 4.78 is 5.97. The Labute approximate surface area is 160 Å². The summed E-state index contributed by atoms with van der Waals surface area (Å²) in [5.41, 5.74) is 4.55. The van der Waals surface area contributed by atoms with Crippen LogP contribution in [0.2, 0.25) is 0 Å². The van der Waals surface area contributed by atoms with E-state index in [9.17, 15) is 4.79 Å². The van der Waals surface area contributed by atoms with Crippen molar-refractivity contribution in [3.63, 3.8) is 0 Å². The van der Waals surface area contributed by atoms with Gasteiger partial charge < -0.3 is 15.0 Å². The Morgan fingerprint density at radius 1 is 1.26 bits per heavy atom. The molecular weight excluding hydrogens is 340 g/mol. The second-order valence-corrected chi connectivity index (χ2v) is 7.30. The monoisotopic (exact) mass is 366 g/mol. The third kappa shape index (κ3) is 4.63. The number of likely N-dealkylation sites (tertiary alicyclic amines) is 1. The van der Waals surface area contributed by atoms with Crippen LogP contribution in [0, 0.1) is 0 Å². The van der Waals surface area contributed by atoms with Gasteiger partial charge in [-0.1, -0.05) is 12.1 Å². The molecule has 2 amide bonds. The van der Waals surface area contributed by atoms with Gasteiger partial charge in [0, 0.05) is 37.7 Å². The Morgan fingerprint density at radius 2 is 2.22 bits per heavy atom. The van der Waals surface area contributed by atoms with Gasteiger partial charge in [-0.2, -0.15) is 0 Å². The maximum Gasteiger partial charge on any atom is 0.317 e. The highest BCUT2D eigenvalue weighted by Gasteiger charge is 2.24. The van der Waals surface area contributed by atoms with Crippen LogP contribution in [0.15, 0.2) is 36.7 Å². The minimum atomic E-state index is -0.0263. The van der Waals surface area contributed by atoms with Gasteiger partial charge in [0.05, 0.1) is 18.4 Å². The highest BCUT2D eigenvalue weighted by molar-refractivity contribution is 5.74. The van der Waals surface area contributed by atoms with Gasteiger partial charge >= 0.3 is 6.03 Å². The molecule has 1 fully saturated rings. The predicted octanol–water partition coefficient (Wildman–Crippen LogP) is 2.86. The van der Waals surface area contributed by atoms with Gasteiger partial charge in [0.25, 0.3) is 0 Å². The van der Waals surface area contributed by atoms with Crippen molar-refractivity contribution in [2.45, 2.75) is 51.4 Å². The maximum atomic E-state index is 12.6. The van der Waals surface area contributed by atoms with Crippen molar-refractivity contribution in [2.75, 3.05) is 13.1 Å². The molecule has 142 valence electrons. The third-order valence-electron chi connectivity index (χ3n) is 5.28. The number of hydrogen-bond donors (Lipinski definition) is 1. The number of aryl methyl sites for hydroxylation is 2. The lowest BCUT2D eigenvalue weighted by Crippen LogP contribution is -2.47. The van der Waals surface area contributed by atoms with Gasteiger partial charge in [-0.3, -0.25) is 9.97 Å². The number of carbonyl (C=O) groups is 1. The van der Waals surface area contributed by atoms with Crippen LogP contribution in [0.3, 0.4) is 0 Å². The molecule has 6 nitrogen and oxygen atoms in total. The molecule has 2 aromatic heterocycles. The van der Waals surface area contributed by atoms with E-state index in [-0.39, 0.29) is 12.1 Å². The molecule has 1 N–H and O–H groups in total. The summed E-state index contributed by atoms with van der Waals surface area (Å²) in [7, 11) is 0. The van der Waals surface area contributed by atoms with E-state index in [4.69, 9.17) is 4.74 Å². The van der Waals surface area contributed by atoms with Gasteiger partial charge in [-0.25, -0.2) is 4.79 Å². The fraction of sp³-hybridized carbons (Fsp3) is 0.476. The molecular formula is C21H26N4O2. The highest BCUT2D eigenvalue weighted by Crippen LogP contribution is 2.20. The molecule has 0 spiro atoms. The second kappa shape index (κ2) is 8.48. The molecule has 2 aromatic rings. The van der Waals surface area contributed by atoms with Gasteiger partial charge in [0.1, 0.15) is 0 Å². The number of nitrogens with one attached hydrogen (secondary N) is 1. The zero-order chi connectivity index (χ0) is 18.5. The molecule has 1 saturated heterocycles. The van der Waals surface area contributed by atoms with E-state index in [1.54, 1.807) is 6.20 Å². The van der Waals surface area contributed by atoms with Crippen molar-refractivity contribution in [3.05, 3.63) is 59.2 Å². The first kappa shape index (κ1) is 17.9.